The molecule has 1 N–H and O–H groups in total. The van der Waals surface area contributed by atoms with Gasteiger partial charge in [0.2, 0.25) is 0 Å². The van der Waals surface area contributed by atoms with E-state index in [1.807, 2.05) is 30.3 Å². The molecule has 0 bridgehead atoms. The molecule has 6 rings (SSSR count). The summed E-state index contributed by atoms with van der Waals surface area (Å²) in [6.45, 7) is 9.09. The zero-order valence-electron chi connectivity index (χ0n) is 20.4. The van der Waals surface area contributed by atoms with Gasteiger partial charge < -0.3 is 14.5 Å². The van der Waals surface area contributed by atoms with Gasteiger partial charge in [0.25, 0.3) is 0 Å². The summed E-state index contributed by atoms with van der Waals surface area (Å²) in [5, 5.41) is 10.1. The molecule has 1 aromatic heterocycles. The average Bonchev–Trinajstić information content (AvgIpc) is 3.23. The molecule has 0 atom stereocenters. The Balaban J connectivity index is 1.17. The van der Waals surface area contributed by atoms with E-state index in [0.717, 1.165) is 71.8 Å². The number of carbonyl (C=O) groups is 1. The van der Waals surface area contributed by atoms with Crippen molar-refractivity contribution in [3.63, 3.8) is 0 Å². The second kappa shape index (κ2) is 8.51. The van der Waals surface area contributed by atoms with Gasteiger partial charge in [-0.3, -0.25) is 9.69 Å². The number of nitriles is 1. The summed E-state index contributed by atoms with van der Waals surface area (Å²) in [6.07, 6.45) is 3.51. The molecule has 0 radical (unpaired) electrons. The summed E-state index contributed by atoms with van der Waals surface area (Å²) in [4.78, 5) is 19.5. The van der Waals surface area contributed by atoms with Crippen LogP contribution in [0.15, 0.2) is 36.4 Å². The Morgan fingerprint density at radius 1 is 1.17 bits per heavy atom. The summed E-state index contributed by atoms with van der Waals surface area (Å²) < 4.78 is 11.5. The maximum absolute atomic E-state index is 13.5. The minimum atomic E-state index is -0.387. The van der Waals surface area contributed by atoms with Crippen molar-refractivity contribution in [2.24, 2.45) is 5.92 Å². The van der Waals surface area contributed by atoms with Crippen LogP contribution in [0.2, 0.25) is 0 Å². The second-order valence-electron chi connectivity index (χ2n) is 10.7. The fourth-order valence-corrected chi connectivity index (χ4v) is 5.95. The van der Waals surface area contributed by atoms with Crippen molar-refractivity contribution >= 4 is 16.7 Å². The van der Waals surface area contributed by atoms with E-state index >= 15 is 0 Å². The van der Waals surface area contributed by atoms with Gasteiger partial charge in [0, 0.05) is 27.6 Å². The standard InChI is InChI=1S/C29H31N3O3/c1-29(2)24-14-21(35-12-9-18-7-10-32(11-8-18)20-16-34-17-20)4-6-22(24)27(33)26-23-5-3-19(15-30)13-25(23)31-28(26)29/h3-6,13-14,18,20,31H,7-12,16-17H2,1-2H3. The lowest BCUT2D eigenvalue weighted by atomic mass is 9.71. The van der Waals surface area contributed by atoms with E-state index in [4.69, 9.17) is 9.47 Å². The van der Waals surface area contributed by atoms with Gasteiger partial charge >= 0.3 is 0 Å². The zero-order chi connectivity index (χ0) is 24.2. The molecule has 0 saturated carbocycles. The van der Waals surface area contributed by atoms with Crippen LogP contribution < -0.4 is 4.74 Å². The van der Waals surface area contributed by atoms with Crippen LogP contribution in [-0.2, 0) is 10.2 Å². The number of benzene rings is 2. The van der Waals surface area contributed by atoms with E-state index in [1.54, 1.807) is 6.07 Å². The highest BCUT2D eigenvalue weighted by Gasteiger charge is 2.40. The number of aromatic nitrogens is 1. The van der Waals surface area contributed by atoms with Gasteiger partial charge in [0.05, 0.1) is 43.1 Å². The maximum Gasteiger partial charge on any atom is 0.195 e. The lowest BCUT2D eigenvalue weighted by Crippen LogP contribution is -2.51. The number of hydrogen-bond donors (Lipinski definition) is 1. The third-order valence-corrected chi connectivity index (χ3v) is 8.27. The maximum atomic E-state index is 13.5. The van der Waals surface area contributed by atoms with Gasteiger partial charge in [0.15, 0.2) is 5.78 Å². The van der Waals surface area contributed by atoms with Crippen LogP contribution in [0, 0.1) is 17.2 Å². The Morgan fingerprint density at radius 2 is 1.97 bits per heavy atom. The first kappa shape index (κ1) is 22.3. The molecule has 3 aromatic rings. The largest absolute Gasteiger partial charge is 0.494 e. The van der Waals surface area contributed by atoms with Crippen LogP contribution in [0.3, 0.4) is 0 Å². The van der Waals surface area contributed by atoms with E-state index in [0.29, 0.717) is 24.1 Å². The van der Waals surface area contributed by atoms with Crippen molar-refractivity contribution in [3.05, 3.63) is 64.3 Å². The minimum absolute atomic E-state index is 0.0282. The fraction of sp³-hybridized carbons (Fsp3) is 0.448. The molecule has 2 aliphatic heterocycles. The molecule has 6 heteroatoms. The van der Waals surface area contributed by atoms with Crippen molar-refractivity contribution in [2.45, 2.75) is 44.6 Å². The molecule has 35 heavy (non-hydrogen) atoms. The third kappa shape index (κ3) is 3.74. The molecular weight excluding hydrogens is 438 g/mol. The molecule has 0 amide bonds. The highest BCUT2D eigenvalue weighted by molar-refractivity contribution is 6.20. The summed E-state index contributed by atoms with van der Waals surface area (Å²) >= 11 is 0. The highest BCUT2D eigenvalue weighted by Crippen LogP contribution is 2.44. The van der Waals surface area contributed by atoms with Crippen LogP contribution >= 0.6 is 0 Å². The van der Waals surface area contributed by atoms with E-state index in [-0.39, 0.29) is 11.2 Å². The van der Waals surface area contributed by atoms with Gasteiger partial charge in [0.1, 0.15) is 5.75 Å². The van der Waals surface area contributed by atoms with Crippen LogP contribution in [0.4, 0.5) is 0 Å². The van der Waals surface area contributed by atoms with Gasteiger partial charge in [-0.05, 0) is 74.2 Å². The molecule has 6 nitrogen and oxygen atoms in total. The second-order valence-corrected chi connectivity index (χ2v) is 10.7. The highest BCUT2D eigenvalue weighted by atomic mass is 16.5. The van der Waals surface area contributed by atoms with Crippen molar-refractivity contribution in [1.29, 1.82) is 5.26 Å². The summed E-state index contributed by atoms with van der Waals surface area (Å²) in [5.41, 5.74) is 4.36. The monoisotopic (exact) mass is 469 g/mol. The number of piperidine rings is 1. The molecule has 2 aromatic carbocycles. The first-order valence-corrected chi connectivity index (χ1v) is 12.7. The lowest BCUT2D eigenvalue weighted by Gasteiger charge is -2.41. The molecule has 2 saturated heterocycles. The quantitative estimate of drug-likeness (QED) is 0.581. The molecule has 1 aliphatic carbocycles. The molecule has 3 aliphatic rings. The molecular formula is C29H31N3O3. The molecule has 0 unspecified atom stereocenters. The predicted octanol–water partition coefficient (Wildman–Crippen LogP) is 4.79. The Hall–Kier alpha value is -3.14. The van der Waals surface area contributed by atoms with Crippen molar-refractivity contribution in [3.8, 4) is 11.8 Å². The summed E-state index contributed by atoms with van der Waals surface area (Å²) in [5.74, 6) is 1.55. The topological polar surface area (TPSA) is 78.3 Å². The number of aromatic amines is 1. The lowest BCUT2D eigenvalue weighted by molar-refractivity contribution is -0.0742. The molecule has 2 fully saturated rings. The van der Waals surface area contributed by atoms with Crippen molar-refractivity contribution in [2.75, 3.05) is 32.9 Å². The number of fused-ring (bicyclic) bond motifs is 4. The van der Waals surface area contributed by atoms with Gasteiger partial charge in [-0.15, -0.1) is 0 Å². The first-order chi connectivity index (χ1) is 17.0. The number of rotatable bonds is 5. The number of likely N-dealkylation sites (tertiary alicyclic amines) is 1. The van der Waals surface area contributed by atoms with Gasteiger partial charge in [-0.1, -0.05) is 19.9 Å². The number of nitrogens with one attached hydrogen (secondary N) is 1. The predicted molar refractivity (Wildman–Crippen MR) is 134 cm³/mol. The number of carbonyl (C=O) groups excluding carboxylic acids is 1. The Bertz CT molecular complexity index is 1340. The number of hydrogen-bond acceptors (Lipinski definition) is 5. The van der Waals surface area contributed by atoms with Crippen LogP contribution in [0.25, 0.3) is 10.9 Å². The number of H-pyrrole nitrogens is 1. The Labute approximate surface area is 205 Å². The first-order valence-electron chi connectivity index (χ1n) is 12.7. The molecule has 3 heterocycles. The number of ether oxygens (including phenoxy) is 2. The smallest absolute Gasteiger partial charge is 0.195 e. The van der Waals surface area contributed by atoms with E-state index in [1.165, 1.54) is 12.8 Å². The fourth-order valence-electron chi connectivity index (χ4n) is 5.95. The van der Waals surface area contributed by atoms with Crippen LogP contribution in [0.1, 0.15) is 65.9 Å². The van der Waals surface area contributed by atoms with E-state index in [2.05, 4.69) is 29.8 Å². The third-order valence-electron chi connectivity index (χ3n) is 8.27. The minimum Gasteiger partial charge on any atom is -0.494 e. The van der Waals surface area contributed by atoms with Gasteiger partial charge in [-0.25, -0.2) is 0 Å². The summed E-state index contributed by atoms with van der Waals surface area (Å²) in [6, 6.07) is 14.2. The van der Waals surface area contributed by atoms with E-state index < -0.39 is 0 Å². The van der Waals surface area contributed by atoms with E-state index in [9.17, 15) is 10.1 Å². The zero-order valence-corrected chi connectivity index (χ0v) is 20.4. The number of nitrogens with zero attached hydrogens (tertiary/aromatic N) is 2. The Kier molecular flexibility index (Phi) is 5.43. The number of ketones is 1. The van der Waals surface area contributed by atoms with Crippen molar-refractivity contribution < 1.29 is 14.3 Å². The van der Waals surface area contributed by atoms with Crippen LogP contribution in [-0.4, -0.2) is 54.6 Å². The normalized spacial score (nSPS) is 20.2. The van der Waals surface area contributed by atoms with Gasteiger partial charge in [-0.2, -0.15) is 5.26 Å². The molecule has 0 spiro atoms. The molecule has 180 valence electrons. The summed E-state index contributed by atoms with van der Waals surface area (Å²) in [7, 11) is 0. The SMILES string of the molecule is CC1(C)c2cc(OCCC3CCN(C4COC4)CC3)ccc2C(=O)c2c1[nH]c1cc(C#N)ccc21. The van der Waals surface area contributed by atoms with Crippen molar-refractivity contribution in [1.82, 2.24) is 9.88 Å². The average molecular weight is 470 g/mol. The van der Waals surface area contributed by atoms with Crippen LogP contribution in [0.5, 0.6) is 5.75 Å². The Morgan fingerprint density at radius 3 is 2.69 bits per heavy atom.